The second kappa shape index (κ2) is 6.97. The molecule has 0 aliphatic rings. The second-order valence-corrected chi connectivity index (χ2v) is 4.42. The minimum Gasteiger partial charge on any atom is -0.493 e. The number of aromatic nitrogens is 2. The average Bonchev–Trinajstić information content (AvgIpc) is 2.95. The summed E-state index contributed by atoms with van der Waals surface area (Å²) >= 11 is 6.15. The van der Waals surface area contributed by atoms with E-state index in [1.165, 1.54) is 14.2 Å². The fourth-order valence-corrected chi connectivity index (χ4v) is 2.02. The van der Waals surface area contributed by atoms with Crippen LogP contribution in [0.25, 0.3) is 11.4 Å². The van der Waals surface area contributed by atoms with Gasteiger partial charge >= 0.3 is 0 Å². The van der Waals surface area contributed by atoms with Crippen molar-refractivity contribution in [1.29, 1.82) is 0 Å². The third-order valence-electron chi connectivity index (χ3n) is 2.66. The van der Waals surface area contributed by atoms with Crippen molar-refractivity contribution < 1.29 is 14.0 Å². The van der Waals surface area contributed by atoms with E-state index in [0.717, 1.165) is 0 Å². The van der Waals surface area contributed by atoms with Crippen molar-refractivity contribution >= 4 is 11.6 Å². The van der Waals surface area contributed by atoms with E-state index in [0.29, 0.717) is 46.9 Å². The summed E-state index contributed by atoms with van der Waals surface area (Å²) in [6.07, 6.45) is 5.15. The Morgan fingerprint density at radius 1 is 1.38 bits per heavy atom. The Morgan fingerprint density at radius 3 is 2.86 bits per heavy atom. The van der Waals surface area contributed by atoms with Crippen LogP contribution in [0.15, 0.2) is 16.7 Å². The van der Waals surface area contributed by atoms with Crippen molar-refractivity contribution in [1.82, 2.24) is 15.5 Å². The van der Waals surface area contributed by atoms with E-state index in [9.17, 15) is 0 Å². The monoisotopic (exact) mass is 307 g/mol. The van der Waals surface area contributed by atoms with E-state index in [1.54, 1.807) is 12.1 Å². The summed E-state index contributed by atoms with van der Waals surface area (Å²) in [5, 5.41) is 7.28. The van der Waals surface area contributed by atoms with Gasteiger partial charge in [-0.25, -0.2) is 0 Å². The molecule has 6 nitrogen and oxygen atoms in total. The molecule has 2 rings (SSSR count). The van der Waals surface area contributed by atoms with Crippen LogP contribution in [0.4, 0.5) is 0 Å². The lowest BCUT2D eigenvalue weighted by Gasteiger charge is -2.10. The van der Waals surface area contributed by atoms with E-state index in [1.807, 2.05) is 0 Å². The summed E-state index contributed by atoms with van der Waals surface area (Å²) in [6.45, 7) is 0.831. The molecule has 0 atom stereocenters. The molecule has 1 N–H and O–H groups in total. The van der Waals surface area contributed by atoms with Crippen molar-refractivity contribution in [2.45, 2.75) is 6.54 Å². The standard InChI is InChI=1S/C14H14ClN3O3/c1-4-5-16-8-12-17-14(18-21-12)9-6-10(15)13(20-3)11(7-9)19-2/h1,6-7,16H,5,8H2,2-3H3. The first-order valence-electron chi connectivity index (χ1n) is 6.08. The number of methoxy groups -OCH3 is 2. The van der Waals surface area contributed by atoms with Gasteiger partial charge in [0.25, 0.3) is 0 Å². The Balaban J connectivity index is 2.26. The van der Waals surface area contributed by atoms with Crippen LogP contribution < -0.4 is 14.8 Å². The van der Waals surface area contributed by atoms with Gasteiger partial charge in [0.15, 0.2) is 11.5 Å². The van der Waals surface area contributed by atoms with Crippen molar-refractivity contribution in [2.24, 2.45) is 0 Å². The lowest BCUT2D eigenvalue weighted by Crippen LogP contribution is -2.13. The third-order valence-corrected chi connectivity index (χ3v) is 2.94. The van der Waals surface area contributed by atoms with Gasteiger partial charge in [-0.05, 0) is 12.1 Å². The van der Waals surface area contributed by atoms with Crippen molar-refractivity contribution in [3.63, 3.8) is 0 Å². The second-order valence-electron chi connectivity index (χ2n) is 4.01. The van der Waals surface area contributed by atoms with Crippen LogP contribution >= 0.6 is 11.6 Å². The number of benzene rings is 1. The molecular formula is C14H14ClN3O3. The molecule has 110 valence electrons. The molecule has 2 aromatic rings. The Labute approximate surface area is 127 Å². The zero-order valence-electron chi connectivity index (χ0n) is 11.6. The van der Waals surface area contributed by atoms with Crippen molar-refractivity contribution in [3.05, 3.63) is 23.0 Å². The van der Waals surface area contributed by atoms with Gasteiger partial charge in [-0.15, -0.1) is 6.42 Å². The molecule has 0 radical (unpaired) electrons. The summed E-state index contributed by atoms with van der Waals surface area (Å²) in [4.78, 5) is 4.26. The van der Waals surface area contributed by atoms with Gasteiger partial charge in [0.1, 0.15) is 0 Å². The van der Waals surface area contributed by atoms with Gasteiger partial charge in [-0.2, -0.15) is 4.98 Å². The van der Waals surface area contributed by atoms with Gasteiger partial charge in [-0.3, -0.25) is 5.32 Å². The predicted molar refractivity (Wildman–Crippen MR) is 78.4 cm³/mol. The van der Waals surface area contributed by atoms with Crippen molar-refractivity contribution in [3.8, 4) is 35.2 Å². The van der Waals surface area contributed by atoms with Gasteiger partial charge in [0.05, 0.1) is 32.3 Å². The maximum absolute atomic E-state index is 6.15. The van der Waals surface area contributed by atoms with Crippen LogP contribution in [0, 0.1) is 12.3 Å². The molecule has 0 aliphatic heterocycles. The van der Waals surface area contributed by atoms with Crippen LogP contribution in [0.5, 0.6) is 11.5 Å². The fourth-order valence-electron chi connectivity index (χ4n) is 1.73. The van der Waals surface area contributed by atoms with E-state index in [2.05, 4.69) is 21.4 Å². The number of hydrogen-bond donors (Lipinski definition) is 1. The molecule has 0 amide bonds. The molecule has 7 heteroatoms. The maximum atomic E-state index is 6.15. The van der Waals surface area contributed by atoms with E-state index < -0.39 is 0 Å². The number of terminal acetylenes is 1. The highest BCUT2D eigenvalue weighted by Crippen LogP contribution is 2.38. The van der Waals surface area contributed by atoms with E-state index in [-0.39, 0.29) is 0 Å². The first-order valence-corrected chi connectivity index (χ1v) is 6.46. The summed E-state index contributed by atoms with van der Waals surface area (Å²) in [5.74, 6) is 4.27. The van der Waals surface area contributed by atoms with Gasteiger partial charge in [-0.1, -0.05) is 22.7 Å². The van der Waals surface area contributed by atoms with Crippen LogP contribution in [0.2, 0.25) is 5.02 Å². The molecule has 0 fully saturated rings. The number of nitrogens with zero attached hydrogens (tertiary/aromatic N) is 2. The number of ether oxygens (including phenoxy) is 2. The van der Waals surface area contributed by atoms with E-state index in [4.69, 9.17) is 32.0 Å². The average molecular weight is 308 g/mol. The SMILES string of the molecule is C#CCNCc1nc(-c2cc(Cl)c(OC)c(OC)c2)no1. The van der Waals surface area contributed by atoms with E-state index >= 15 is 0 Å². The quantitative estimate of drug-likeness (QED) is 0.651. The van der Waals surface area contributed by atoms with Crippen LogP contribution in [0.3, 0.4) is 0 Å². The number of nitrogens with one attached hydrogen (secondary N) is 1. The lowest BCUT2D eigenvalue weighted by molar-refractivity contribution is 0.355. The minimum absolute atomic E-state index is 0.401. The Hall–Kier alpha value is -2.23. The van der Waals surface area contributed by atoms with Gasteiger partial charge < -0.3 is 14.0 Å². The topological polar surface area (TPSA) is 69.4 Å². The summed E-state index contributed by atoms with van der Waals surface area (Å²) in [5.41, 5.74) is 0.671. The Kier molecular flexibility index (Phi) is 5.04. The van der Waals surface area contributed by atoms with Crippen LogP contribution in [0.1, 0.15) is 5.89 Å². The highest BCUT2D eigenvalue weighted by Gasteiger charge is 2.15. The van der Waals surface area contributed by atoms with Crippen molar-refractivity contribution in [2.75, 3.05) is 20.8 Å². The summed E-state index contributed by atoms with van der Waals surface area (Å²) < 4.78 is 15.5. The summed E-state index contributed by atoms with van der Waals surface area (Å²) in [7, 11) is 3.05. The number of hydrogen-bond acceptors (Lipinski definition) is 6. The first kappa shape index (κ1) is 15.2. The molecule has 0 unspecified atom stereocenters. The maximum Gasteiger partial charge on any atom is 0.240 e. The van der Waals surface area contributed by atoms with Crippen LogP contribution in [-0.2, 0) is 6.54 Å². The number of halogens is 1. The molecule has 1 aromatic heterocycles. The zero-order chi connectivity index (χ0) is 15.2. The smallest absolute Gasteiger partial charge is 0.240 e. The van der Waals surface area contributed by atoms with Crippen LogP contribution in [-0.4, -0.2) is 30.9 Å². The molecule has 0 saturated heterocycles. The zero-order valence-corrected chi connectivity index (χ0v) is 12.4. The molecular weight excluding hydrogens is 294 g/mol. The molecule has 1 heterocycles. The fraction of sp³-hybridized carbons (Fsp3) is 0.286. The summed E-state index contributed by atoms with van der Waals surface area (Å²) in [6, 6.07) is 3.42. The Bertz CT molecular complexity index is 664. The third kappa shape index (κ3) is 3.45. The molecule has 0 bridgehead atoms. The molecule has 21 heavy (non-hydrogen) atoms. The molecule has 0 saturated carbocycles. The van der Waals surface area contributed by atoms with Gasteiger partial charge in [0, 0.05) is 5.56 Å². The lowest BCUT2D eigenvalue weighted by atomic mass is 10.2. The Morgan fingerprint density at radius 2 is 2.19 bits per heavy atom. The predicted octanol–water partition coefficient (Wildman–Crippen LogP) is 2.13. The first-order chi connectivity index (χ1) is 10.2. The molecule has 1 aromatic carbocycles. The molecule has 0 spiro atoms. The molecule has 0 aliphatic carbocycles. The highest BCUT2D eigenvalue weighted by atomic mass is 35.5. The highest BCUT2D eigenvalue weighted by molar-refractivity contribution is 6.32. The minimum atomic E-state index is 0.401. The largest absolute Gasteiger partial charge is 0.493 e. The normalized spacial score (nSPS) is 10.2. The van der Waals surface area contributed by atoms with Gasteiger partial charge in [0.2, 0.25) is 11.7 Å². The number of rotatable bonds is 6.